The van der Waals surface area contributed by atoms with Crippen molar-refractivity contribution in [1.82, 2.24) is 4.90 Å². The molecule has 7 heteroatoms. The van der Waals surface area contributed by atoms with Crippen molar-refractivity contribution in [2.45, 2.75) is 6.54 Å². The molecule has 0 saturated carbocycles. The molecular formula is C12H13NO5S. The second-order valence-electron chi connectivity index (χ2n) is 4.25. The predicted molar refractivity (Wildman–Crippen MR) is 67.2 cm³/mol. The van der Waals surface area contributed by atoms with Crippen molar-refractivity contribution in [2.75, 3.05) is 18.6 Å². The molecule has 0 N–H and O–H groups in total. The second kappa shape index (κ2) is 5.00. The lowest BCUT2D eigenvalue weighted by Crippen LogP contribution is -2.48. The number of sulfone groups is 1. The van der Waals surface area contributed by atoms with Gasteiger partial charge in [-0.2, -0.15) is 0 Å². The molecule has 0 bridgehead atoms. The van der Waals surface area contributed by atoms with Crippen molar-refractivity contribution < 1.29 is 22.7 Å². The molecule has 19 heavy (non-hydrogen) atoms. The Kier molecular flexibility index (Phi) is 3.57. The highest BCUT2D eigenvalue weighted by Gasteiger charge is 2.35. The van der Waals surface area contributed by atoms with Crippen molar-refractivity contribution in [1.29, 1.82) is 0 Å². The Hall–Kier alpha value is -1.89. The quantitative estimate of drug-likeness (QED) is 0.728. The monoisotopic (exact) mass is 283 g/mol. The Bertz CT molecular complexity index is 582. The first-order valence-corrected chi connectivity index (χ1v) is 7.40. The van der Waals surface area contributed by atoms with E-state index >= 15 is 0 Å². The number of imide groups is 1. The number of rotatable bonds is 3. The maximum Gasteiger partial charge on any atom is 0.244 e. The second-order valence-corrected chi connectivity index (χ2v) is 6.32. The summed E-state index contributed by atoms with van der Waals surface area (Å²) < 4.78 is 27.5. The van der Waals surface area contributed by atoms with E-state index in [2.05, 4.69) is 0 Å². The SMILES string of the molecule is COc1ccc(CN2C(=O)CS(=O)(=O)CC2=O)cc1. The standard InChI is InChI=1S/C12H13NO5S/c1-18-10-4-2-9(3-5-10)6-13-11(14)7-19(16,17)8-12(13)15/h2-5H,6-8H2,1H3. The molecule has 2 amide bonds. The number of ether oxygens (including phenoxy) is 1. The predicted octanol–water partition coefficient (Wildman–Crippen LogP) is -0.0212. The lowest BCUT2D eigenvalue weighted by molar-refractivity contribution is -0.143. The molecule has 2 rings (SSSR count). The van der Waals surface area contributed by atoms with E-state index in [-0.39, 0.29) is 6.54 Å². The van der Waals surface area contributed by atoms with Gasteiger partial charge in [0.2, 0.25) is 11.8 Å². The largest absolute Gasteiger partial charge is 0.497 e. The topological polar surface area (TPSA) is 80.8 Å². The molecule has 1 aromatic rings. The average molecular weight is 283 g/mol. The number of amides is 2. The van der Waals surface area contributed by atoms with Gasteiger partial charge in [0, 0.05) is 0 Å². The zero-order valence-corrected chi connectivity index (χ0v) is 11.1. The van der Waals surface area contributed by atoms with Crippen molar-refractivity contribution >= 4 is 21.7 Å². The number of methoxy groups -OCH3 is 1. The summed E-state index contributed by atoms with van der Waals surface area (Å²) in [4.78, 5) is 24.3. The molecule has 0 aliphatic carbocycles. The minimum absolute atomic E-state index is 0.0805. The molecule has 6 nitrogen and oxygen atoms in total. The maximum atomic E-state index is 11.6. The summed E-state index contributed by atoms with van der Waals surface area (Å²) in [6.07, 6.45) is 0. The summed E-state index contributed by atoms with van der Waals surface area (Å²) in [5.74, 6) is -1.88. The summed E-state index contributed by atoms with van der Waals surface area (Å²) in [7, 11) is -2.04. The van der Waals surface area contributed by atoms with Gasteiger partial charge in [-0.15, -0.1) is 0 Å². The molecule has 1 aromatic carbocycles. The fraction of sp³-hybridized carbons (Fsp3) is 0.333. The summed E-state index contributed by atoms with van der Waals surface area (Å²) in [6, 6.07) is 6.88. The van der Waals surface area contributed by atoms with E-state index in [1.165, 1.54) is 7.11 Å². The van der Waals surface area contributed by atoms with Gasteiger partial charge in [-0.3, -0.25) is 14.5 Å². The number of nitrogens with zero attached hydrogens (tertiary/aromatic N) is 1. The van der Waals surface area contributed by atoms with Crippen LogP contribution in [0.4, 0.5) is 0 Å². The summed E-state index contributed by atoms with van der Waals surface area (Å²) >= 11 is 0. The van der Waals surface area contributed by atoms with Crippen LogP contribution in [0.5, 0.6) is 5.75 Å². The zero-order valence-electron chi connectivity index (χ0n) is 10.3. The van der Waals surface area contributed by atoms with Crippen LogP contribution in [0.2, 0.25) is 0 Å². The molecule has 0 unspecified atom stereocenters. The van der Waals surface area contributed by atoms with Crippen molar-refractivity contribution in [3.05, 3.63) is 29.8 Å². The third-order valence-electron chi connectivity index (χ3n) is 2.79. The summed E-state index contributed by atoms with van der Waals surface area (Å²) in [6.45, 7) is 0.0805. The van der Waals surface area contributed by atoms with E-state index in [0.717, 1.165) is 10.5 Å². The van der Waals surface area contributed by atoms with Crippen LogP contribution in [0, 0.1) is 0 Å². The Balaban J connectivity index is 2.14. The molecule has 0 atom stereocenters. The Morgan fingerprint density at radius 1 is 1.11 bits per heavy atom. The minimum Gasteiger partial charge on any atom is -0.497 e. The van der Waals surface area contributed by atoms with Gasteiger partial charge < -0.3 is 4.74 Å². The van der Waals surface area contributed by atoms with Gasteiger partial charge in [-0.25, -0.2) is 8.42 Å². The third kappa shape index (κ3) is 3.11. The number of carbonyl (C=O) groups excluding carboxylic acids is 2. The summed E-state index contributed by atoms with van der Waals surface area (Å²) in [5.41, 5.74) is 0.738. The molecule has 1 saturated heterocycles. The van der Waals surface area contributed by atoms with Crippen LogP contribution in [-0.4, -0.2) is 43.7 Å². The van der Waals surface area contributed by atoms with Crippen LogP contribution in [-0.2, 0) is 26.0 Å². The Morgan fingerprint density at radius 2 is 1.63 bits per heavy atom. The van der Waals surface area contributed by atoms with Crippen LogP contribution in [0.1, 0.15) is 5.56 Å². The fourth-order valence-corrected chi connectivity index (χ4v) is 2.98. The van der Waals surface area contributed by atoms with Gasteiger partial charge in [0.1, 0.15) is 17.3 Å². The maximum absolute atomic E-state index is 11.6. The molecule has 0 aromatic heterocycles. The first-order valence-electron chi connectivity index (χ1n) is 5.58. The molecule has 102 valence electrons. The normalized spacial score (nSPS) is 18.5. The average Bonchev–Trinajstić information content (AvgIpc) is 2.33. The van der Waals surface area contributed by atoms with Gasteiger partial charge in [0.05, 0.1) is 13.7 Å². The van der Waals surface area contributed by atoms with Crippen molar-refractivity contribution in [3.8, 4) is 5.75 Å². The van der Waals surface area contributed by atoms with Crippen LogP contribution >= 0.6 is 0 Å². The molecule has 0 radical (unpaired) electrons. The highest BCUT2D eigenvalue weighted by atomic mass is 32.2. The van der Waals surface area contributed by atoms with Crippen LogP contribution < -0.4 is 4.74 Å². The van der Waals surface area contributed by atoms with Gasteiger partial charge >= 0.3 is 0 Å². The van der Waals surface area contributed by atoms with E-state index in [9.17, 15) is 18.0 Å². The van der Waals surface area contributed by atoms with E-state index in [1.807, 2.05) is 0 Å². The number of carbonyl (C=O) groups is 2. The minimum atomic E-state index is -3.58. The summed E-state index contributed by atoms with van der Waals surface area (Å²) in [5, 5.41) is 0. The number of hydrogen-bond donors (Lipinski definition) is 0. The van der Waals surface area contributed by atoms with Crippen molar-refractivity contribution in [3.63, 3.8) is 0 Å². The van der Waals surface area contributed by atoms with E-state index in [1.54, 1.807) is 24.3 Å². The van der Waals surface area contributed by atoms with Crippen LogP contribution in [0.25, 0.3) is 0 Å². The molecular weight excluding hydrogens is 270 g/mol. The molecule has 1 aliphatic rings. The van der Waals surface area contributed by atoms with Gasteiger partial charge in [-0.05, 0) is 17.7 Å². The smallest absolute Gasteiger partial charge is 0.244 e. The highest BCUT2D eigenvalue weighted by molar-refractivity contribution is 7.92. The third-order valence-corrected chi connectivity index (χ3v) is 4.16. The first-order chi connectivity index (χ1) is 8.91. The van der Waals surface area contributed by atoms with E-state index in [0.29, 0.717) is 5.75 Å². The fourth-order valence-electron chi connectivity index (χ4n) is 1.81. The number of hydrogen-bond acceptors (Lipinski definition) is 5. The zero-order chi connectivity index (χ0) is 14.0. The van der Waals surface area contributed by atoms with Gasteiger partial charge in [-0.1, -0.05) is 12.1 Å². The first kappa shape index (κ1) is 13.5. The number of benzene rings is 1. The molecule has 1 aliphatic heterocycles. The van der Waals surface area contributed by atoms with Crippen LogP contribution in [0.3, 0.4) is 0 Å². The van der Waals surface area contributed by atoms with Crippen LogP contribution in [0.15, 0.2) is 24.3 Å². The lowest BCUT2D eigenvalue weighted by atomic mass is 10.2. The van der Waals surface area contributed by atoms with E-state index in [4.69, 9.17) is 4.74 Å². The van der Waals surface area contributed by atoms with Crippen molar-refractivity contribution in [2.24, 2.45) is 0 Å². The molecule has 0 spiro atoms. The van der Waals surface area contributed by atoms with Gasteiger partial charge in [0.15, 0.2) is 9.84 Å². The molecule has 1 fully saturated rings. The van der Waals surface area contributed by atoms with E-state index < -0.39 is 33.2 Å². The molecule has 1 heterocycles. The highest BCUT2D eigenvalue weighted by Crippen LogP contribution is 2.15. The van der Waals surface area contributed by atoms with Gasteiger partial charge in [0.25, 0.3) is 0 Å². The Labute approximate surface area is 110 Å². The Morgan fingerprint density at radius 3 is 2.11 bits per heavy atom. The lowest BCUT2D eigenvalue weighted by Gasteiger charge is -2.24.